The van der Waals surface area contributed by atoms with Gasteiger partial charge in [-0.2, -0.15) is 4.98 Å². The molecule has 6 nitrogen and oxygen atoms in total. The summed E-state index contributed by atoms with van der Waals surface area (Å²) in [6, 6.07) is 17.5. The summed E-state index contributed by atoms with van der Waals surface area (Å²) in [4.78, 5) is 4.43. The highest BCUT2D eigenvalue weighted by atomic mass is 35.5. The fourth-order valence-corrected chi connectivity index (χ4v) is 3.45. The third-order valence-electron chi connectivity index (χ3n) is 4.02. The van der Waals surface area contributed by atoms with E-state index in [2.05, 4.69) is 32.5 Å². The fourth-order valence-electron chi connectivity index (χ4n) is 2.55. The average molecular weight is 398 g/mol. The lowest BCUT2D eigenvalue weighted by Gasteiger charge is -2.03. The van der Waals surface area contributed by atoms with E-state index >= 15 is 0 Å². The summed E-state index contributed by atoms with van der Waals surface area (Å²) in [6.07, 6.45) is 0.744. The predicted octanol–water partition coefficient (Wildman–Crippen LogP) is 4.40. The molecule has 27 heavy (non-hydrogen) atoms. The zero-order chi connectivity index (χ0) is 18.6. The van der Waals surface area contributed by atoms with Crippen molar-refractivity contribution in [1.82, 2.24) is 24.9 Å². The number of nitrogens with zero attached hydrogens (tertiary/aromatic N) is 5. The van der Waals surface area contributed by atoms with E-state index < -0.39 is 0 Å². The molecule has 0 fully saturated rings. The first-order valence-corrected chi connectivity index (χ1v) is 9.69. The normalized spacial score (nSPS) is 11.0. The number of halogens is 1. The van der Waals surface area contributed by atoms with E-state index in [1.54, 1.807) is 12.1 Å². The average Bonchev–Trinajstić information content (AvgIpc) is 3.29. The van der Waals surface area contributed by atoms with Crippen molar-refractivity contribution in [1.29, 1.82) is 0 Å². The van der Waals surface area contributed by atoms with Crippen LogP contribution in [-0.4, -0.2) is 24.9 Å². The highest BCUT2D eigenvalue weighted by molar-refractivity contribution is 7.98. The molecular weight excluding hydrogens is 382 g/mol. The maximum atomic E-state index is 5.90. The monoisotopic (exact) mass is 397 g/mol. The van der Waals surface area contributed by atoms with Crippen molar-refractivity contribution in [3.05, 3.63) is 76.8 Å². The van der Waals surface area contributed by atoms with Gasteiger partial charge in [0.1, 0.15) is 5.82 Å². The van der Waals surface area contributed by atoms with E-state index in [0.717, 1.165) is 23.0 Å². The minimum atomic E-state index is 0.477. The molecule has 0 saturated carbocycles. The highest BCUT2D eigenvalue weighted by Crippen LogP contribution is 2.24. The van der Waals surface area contributed by atoms with Crippen LogP contribution in [0.4, 0.5) is 0 Å². The minimum absolute atomic E-state index is 0.477. The molecule has 2 aromatic carbocycles. The van der Waals surface area contributed by atoms with Crippen LogP contribution in [0, 0.1) is 0 Å². The standard InChI is InChI=1S/C19H16ClN5OS/c1-25-17(11-13-5-3-2-4-6-13)22-23-19(25)27-12-16-21-18(26-24-16)14-7-9-15(20)10-8-14/h2-10H,11-12H2,1H3. The molecule has 0 N–H and O–H groups in total. The molecule has 0 spiro atoms. The topological polar surface area (TPSA) is 69.6 Å². The molecular formula is C19H16ClN5OS. The van der Waals surface area contributed by atoms with Crippen molar-refractivity contribution in [3.8, 4) is 11.5 Å². The van der Waals surface area contributed by atoms with Gasteiger partial charge in [0, 0.05) is 24.1 Å². The molecule has 2 heterocycles. The van der Waals surface area contributed by atoms with Gasteiger partial charge in [0.05, 0.1) is 5.75 Å². The summed E-state index contributed by atoms with van der Waals surface area (Å²) in [5, 5.41) is 14.1. The second kappa shape index (κ2) is 7.94. The Balaban J connectivity index is 1.41. The third-order valence-corrected chi connectivity index (χ3v) is 5.29. The first-order chi connectivity index (χ1) is 13.2. The summed E-state index contributed by atoms with van der Waals surface area (Å²) >= 11 is 7.43. The maximum Gasteiger partial charge on any atom is 0.257 e. The molecule has 0 aliphatic carbocycles. The molecule has 4 aromatic rings. The molecule has 4 rings (SSSR count). The van der Waals surface area contributed by atoms with Gasteiger partial charge in [-0.05, 0) is 29.8 Å². The summed E-state index contributed by atoms with van der Waals surface area (Å²) in [7, 11) is 1.97. The Morgan fingerprint density at radius 2 is 1.81 bits per heavy atom. The zero-order valence-corrected chi connectivity index (χ0v) is 16.1. The minimum Gasteiger partial charge on any atom is -0.334 e. The van der Waals surface area contributed by atoms with Gasteiger partial charge >= 0.3 is 0 Å². The summed E-state index contributed by atoms with van der Waals surface area (Å²) in [5.74, 6) is 2.55. The van der Waals surface area contributed by atoms with E-state index in [0.29, 0.717) is 22.5 Å². The largest absolute Gasteiger partial charge is 0.334 e. The number of hydrogen-bond acceptors (Lipinski definition) is 6. The lowest BCUT2D eigenvalue weighted by atomic mass is 10.1. The zero-order valence-electron chi connectivity index (χ0n) is 14.5. The van der Waals surface area contributed by atoms with Crippen LogP contribution < -0.4 is 0 Å². The molecule has 8 heteroatoms. The number of rotatable bonds is 6. The van der Waals surface area contributed by atoms with E-state index in [1.807, 2.05) is 41.9 Å². The Morgan fingerprint density at radius 1 is 1.04 bits per heavy atom. The molecule has 0 amide bonds. The van der Waals surface area contributed by atoms with Gasteiger partial charge in [0.15, 0.2) is 11.0 Å². The second-order valence-corrected chi connectivity index (χ2v) is 7.31. The maximum absolute atomic E-state index is 5.90. The van der Waals surface area contributed by atoms with E-state index in [-0.39, 0.29) is 0 Å². The van der Waals surface area contributed by atoms with Gasteiger partial charge in [-0.25, -0.2) is 0 Å². The molecule has 0 aliphatic heterocycles. The molecule has 0 unspecified atom stereocenters. The lowest BCUT2D eigenvalue weighted by molar-refractivity contribution is 0.425. The lowest BCUT2D eigenvalue weighted by Crippen LogP contribution is -2.00. The SMILES string of the molecule is Cn1c(Cc2ccccc2)nnc1SCc1noc(-c2ccc(Cl)cc2)n1. The number of benzene rings is 2. The molecule has 0 atom stereocenters. The first-order valence-electron chi connectivity index (χ1n) is 8.32. The highest BCUT2D eigenvalue weighted by Gasteiger charge is 2.13. The van der Waals surface area contributed by atoms with Crippen LogP contribution in [0.2, 0.25) is 5.02 Å². The Kier molecular flexibility index (Phi) is 5.22. The van der Waals surface area contributed by atoms with Gasteiger partial charge in [-0.15, -0.1) is 10.2 Å². The Bertz CT molecular complexity index is 1030. The number of hydrogen-bond donors (Lipinski definition) is 0. The predicted molar refractivity (Wildman–Crippen MR) is 105 cm³/mol. The molecule has 136 valence electrons. The summed E-state index contributed by atoms with van der Waals surface area (Å²) < 4.78 is 7.33. The third kappa shape index (κ3) is 4.20. The fraction of sp³-hybridized carbons (Fsp3) is 0.158. The van der Waals surface area contributed by atoms with E-state index in [4.69, 9.17) is 16.1 Å². The van der Waals surface area contributed by atoms with Gasteiger partial charge in [0.2, 0.25) is 0 Å². The van der Waals surface area contributed by atoms with Crippen molar-refractivity contribution in [2.45, 2.75) is 17.3 Å². The van der Waals surface area contributed by atoms with Crippen molar-refractivity contribution >= 4 is 23.4 Å². The van der Waals surface area contributed by atoms with Crippen LogP contribution >= 0.6 is 23.4 Å². The smallest absolute Gasteiger partial charge is 0.257 e. The second-order valence-electron chi connectivity index (χ2n) is 5.93. The van der Waals surface area contributed by atoms with E-state index in [9.17, 15) is 0 Å². The van der Waals surface area contributed by atoms with E-state index in [1.165, 1.54) is 17.3 Å². The van der Waals surface area contributed by atoms with Crippen molar-refractivity contribution < 1.29 is 4.52 Å². The molecule has 2 aromatic heterocycles. The Labute approximate surface area is 165 Å². The summed E-state index contributed by atoms with van der Waals surface area (Å²) in [6.45, 7) is 0. The van der Waals surface area contributed by atoms with Crippen LogP contribution in [0.15, 0.2) is 64.3 Å². The van der Waals surface area contributed by atoms with Crippen LogP contribution in [0.25, 0.3) is 11.5 Å². The van der Waals surface area contributed by atoms with Gasteiger partial charge in [0.25, 0.3) is 5.89 Å². The number of aromatic nitrogens is 5. The molecule has 0 radical (unpaired) electrons. The summed E-state index contributed by atoms with van der Waals surface area (Å²) in [5.41, 5.74) is 2.04. The molecule has 0 saturated heterocycles. The van der Waals surface area contributed by atoms with Crippen molar-refractivity contribution in [3.63, 3.8) is 0 Å². The van der Waals surface area contributed by atoms with Crippen LogP contribution in [0.1, 0.15) is 17.2 Å². The van der Waals surface area contributed by atoms with Crippen molar-refractivity contribution in [2.24, 2.45) is 7.05 Å². The van der Waals surface area contributed by atoms with Gasteiger partial charge in [-0.1, -0.05) is 58.9 Å². The van der Waals surface area contributed by atoms with Gasteiger partial charge < -0.3 is 9.09 Å². The van der Waals surface area contributed by atoms with Crippen LogP contribution in [0.3, 0.4) is 0 Å². The Morgan fingerprint density at radius 3 is 2.59 bits per heavy atom. The first kappa shape index (κ1) is 17.8. The Hall–Kier alpha value is -2.64. The van der Waals surface area contributed by atoms with Crippen LogP contribution in [0.5, 0.6) is 0 Å². The quantitative estimate of drug-likeness (QED) is 0.449. The van der Waals surface area contributed by atoms with Gasteiger partial charge in [-0.3, -0.25) is 0 Å². The molecule has 0 aliphatic rings. The molecule has 0 bridgehead atoms. The van der Waals surface area contributed by atoms with Crippen LogP contribution in [-0.2, 0) is 19.2 Å². The van der Waals surface area contributed by atoms with Crippen molar-refractivity contribution in [2.75, 3.05) is 0 Å². The number of thioether (sulfide) groups is 1.